The Labute approximate surface area is 127 Å². The quantitative estimate of drug-likeness (QED) is 0.869. The third-order valence-electron chi connectivity index (χ3n) is 3.09. The van der Waals surface area contributed by atoms with E-state index in [0.717, 1.165) is 17.9 Å². The van der Waals surface area contributed by atoms with E-state index >= 15 is 0 Å². The molecular formula is C15H15NO2S2. The summed E-state index contributed by atoms with van der Waals surface area (Å²) in [6, 6.07) is 10.1. The van der Waals surface area contributed by atoms with Gasteiger partial charge in [0, 0.05) is 17.0 Å². The molecule has 1 atom stereocenters. The molecule has 1 aromatic heterocycles. The highest BCUT2D eigenvalue weighted by molar-refractivity contribution is 7.80. The highest BCUT2D eigenvalue weighted by Crippen LogP contribution is 2.27. The van der Waals surface area contributed by atoms with Gasteiger partial charge in [0.05, 0.1) is 0 Å². The summed E-state index contributed by atoms with van der Waals surface area (Å²) in [4.78, 5) is 1.22. The molecule has 0 amide bonds. The smallest absolute Gasteiger partial charge is 0.261 e. The number of nitrogens with one attached hydrogen (secondary N) is 1. The summed E-state index contributed by atoms with van der Waals surface area (Å²) in [6.07, 6.45) is 0.891. The van der Waals surface area contributed by atoms with Gasteiger partial charge in [-0.2, -0.15) is 0 Å². The molecule has 1 aliphatic heterocycles. The van der Waals surface area contributed by atoms with Gasteiger partial charge in [-0.3, -0.25) is 0 Å². The van der Waals surface area contributed by atoms with E-state index in [1.165, 1.54) is 10.4 Å². The van der Waals surface area contributed by atoms with Crippen molar-refractivity contribution in [3.8, 4) is 5.75 Å². The van der Waals surface area contributed by atoms with Gasteiger partial charge in [0.15, 0.2) is 0 Å². The Morgan fingerprint density at radius 2 is 2.35 bits per heavy atom. The van der Waals surface area contributed by atoms with Gasteiger partial charge in [0.2, 0.25) is 0 Å². The first kappa shape index (κ1) is 13.4. The van der Waals surface area contributed by atoms with Crippen molar-refractivity contribution in [3.63, 3.8) is 0 Å². The largest absolute Gasteiger partial charge is 0.488 e. The number of thiocarbonyl (C=S) groups is 1. The molecule has 1 unspecified atom stereocenters. The lowest BCUT2D eigenvalue weighted by molar-refractivity contribution is 0.217. The fourth-order valence-corrected chi connectivity index (χ4v) is 3.06. The van der Waals surface area contributed by atoms with Crippen LogP contribution in [0.5, 0.6) is 5.75 Å². The summed E-state index contributed by atoms with van der Waals surface area (Å²) in [5.41, 5.74) is 2.17. The lowest BCUT2D eigenvalue weighted by Gasteiger charge is -2.10. The topological polar surface area (TPSA) is 30.5 Å². The SMILES string of the molecule is CC1Cc2cc(OCc3cccs3)ccc2NC(=S)O1. The molecule has 0 saturated carbocycles. The zero-order valence-electron chi connectivity index (χ0n) is 11.1. The first-order valence-electron chi connectivity index (χ1n) is 6.46. The lowest BCUT2D eigenvalue weighted by Crippen LogP contribution is -2.16. The average Bonchev–Trinajstić information content (AvgIpc) is 2.87. The van der Waals surface area contributed by atoms with Gasteiger partial charge < -0.3 is 14.8 Å². The van der Waals surface area contributed by atoms with Crippen molar-refractivity contribution in [1.82, 2.24) is 0 Å². The Bertz CT molecular complexity index is 610. The van der Waals surface area contributed by atoms with Crippen LogP contribution < -0.4 is 10.1 Å². The van der Waals surface area contributed by atoms with Crippen LogP contribution >= 0.6 is 23.6 Å². The monoisotopic (exact) mass is 305 g/mol. The maximum atomic E-state index is 5.83. The molecule has 1 N–H and O–H groups in total. The number of thiophene rings is 1. The average molecular weight is 305 g/mol. The second-order valence-corrected chi connectivity index (χ2v) is 6.14. The van der Waals surface area contributed by atoms with Gasteiger partial charge in [-0.25, -0.2) is 0 Å². The first-order valence-corrected chi connectivity index (χ1v) is 7.75. The molecule has 20 heavy (non-hydrogen) atoms. The summed E-state index contributed by atoms with van der Waals surface area (Å²) in [7, 11) is 0. The van der Waals surface area contributed by atoms with Gasteiger partial charge in [-0.05, 0) is 54.4 Å². The molecule has 0 aliphatic carbocycles. The van der Waals surface area contributed by atoms with Crippen molar-refractivity contribution in [3.05, 3.63) is 46.2 Å². The second-order valence-electron chi connectivity index (χ2n) is 4.73. The first-order chi connectivity index (χ1) is 9.70. The number of rotatable bonds is 3. The minimum absolute atomic E-state index is 0.0730. The number of ether oxygens (including phenoxy) is 2. The fourth-order valence-electron chi connectivity index (χ4n) is 2.17. The number of anilines is 1. The van der Waals surface area contributed by atoms with E-state index in [0.29, 0.717) is 11.8 Å². The van der Waals surface area contributed by atoms with Crippen LogP contribution in [0.15, 0.2) is 35.7 Å². The van der Waals surface area contributed by atoms with Gasteiger partial charge >= 0.3 is 0 Å². The maximum Gasteiger partial charge on any atom is 0.261 e. The van der Waals surface area contributed by atoms with Crippen molar-refractivity contribution in [2.24, 2.45) is 0 Å². The molecule has 2 heterocycles. The van der Waals surface area contributed by atoms with E-state index in [1.54, 1.807) is 11.3 Å². The molecule has 3 rings (SSSR count). The normalized spacial score (nSPS) is 17.6. The zero-order valence-corrected chi connectivity index (χ0v) is 12.7. The van der Waals surface area contributed by atoms with Crippen molar-refractivity contribution >= 4 is 34.4 Å². The molecular weight excluding hydrogens is 290 g/mol. The Balaban J connectivity index is 1.76. The Morgan fingerprint density at radius 3 is 3.15 bits per heavy atom. The van der Waals surface area contributed by atoms with E-state index in [1.807, 2.05) is 25.1 Å². The molecule has 2 aromatic rings. The van der Waals surface area contributed by atoms with Crippen LogP contribution in [0.4, 0.5) is 5.69 Å². The zero-order chi connectivity index (χ0) is 13.9. The number of benzene rings is 1. The molecule has 1 aliphatic rings. The predicted molar refractivity (Wildman–Crippen MR) is 85.6 cm³/mol. The van der Waals surface area contributed by atoms with Crippen LogP contribution in [0, 0.1) is 0 Å². The highest BCUT2D eigenvalue weighted by Gasteiger charge is 2.17. The van der Waals surface area contributed by atoms with E-state index < -0.39 is 0 Å². The number of hydrogen-bond donors (Lipinski definition) is 1. The number of fused-ring (bicyclic) bond motifs is 1. The summed E-state index contributed by atoms with van der Waals surface area (Å²) < 4.78 is 11.4. The molecule has 0 spiro atoms. The summed E-state index contributed by atoms with van der Waals surface area (Å²) in [6.45, 7) is 2.62. The second kappa shape index (κ2) is 5.81. The van der Waals surface area contributed by atoms with Crippen LogP contribution in [0.3, 0.4) is 0 Å². The molecule has 0 bridgehead atoms. The summed E-state index contributed by atoms with van der Waals surface area (Å²) in [5.74, 6) is 0.874. The Kier molecular flexibility index (Phi) is 3.89. The molecule has 3 nitrogen and oxygen atoms in total. The fraction of sp³-hybridized carbons (Fsp3) is 0.267. The van der Waals surface area contributed by atoms with E-state index in [2.05, 4.69) is 22.8 Å². The van der Waals surface area contributed by atoms with Crippen molar-refractivity contribution < 1.29 is 9.47 Å². The highest BCUT2D eigenvalue weighted by atomic mass is 32.1. The third-order valence-corrected chi connectivity index (χ3v) is 4.14. The van der Waals surface area contributed by atoms with Crippen LogP contribution in [0.25, 0.3) is 0 Å². The van der Waals surface area contributed by atoms with Gasteiger partial charge in [0.1, 0.15) is 18.5 Å². The molecule has 0 fully saturated rings. The standard InChI is InChI=1S/C15H15NO2S2/c1-10-7-11-8-12(17-9-13-3-2-6-20-13)4-5-14(11)16-15(19)18-10/h2-6,8,10H,7,9H2,1H3,(H,16,19). The van der Waals surface area contributed by atoms with Gasteiger partial charge in [0.25, 0.3) is 5.17 Å². The molecule has 0 radical (unpaired) electrons. The van der Waals surface area contributed by atoms with Crippen molar-refractivity contribution in [2.45, 2.75) is 26.1 Å². The molecule has 104 valence electrons. The summed E-state index contributed by atoms with van der Waals surface area (Å²) >= 11 is 6.82. The van der Waals surface area contributed by atoms with Crippen LogP contribution in [0.2, 0.25) is 0 Å². The molecule has 5 heteroatoms. The predicted octanol–water partition coefficient (Wildman–Crippen LogP) is 3.99. The lowest BCUT2D eigenvalue weighted by atomic mass is 10.1. The van der Waals surface area contributed by atoms with Crippen molar-refractivity contribution in [2.75, 3.05) is 5.32 Å². The molecule has 1 aromatic carbocycles. The summed E-state index contributed by atoms with van der Waals surface area (Å²) in [5, 5.41) is 5.59. The van der Waals surface area contributed by atoms with Crippen LogP contribution in [-0.2, 0) is 17.8 Å². The minimum atomic E-state index is 0.0730. The third kappa shape index (κ3) is 3.11. The van der Waals surface area contributed by atoms with Gasteiger partial charge in [-0.15, -0.1) is 11.3 Å². The van der Waals surface area contributed by atoms with E-state index in [9.17, 15) is 0 Å². The molecule has 0 saturated heterocycles. The van der Waals surface area contributed by atoms with Crippen molar-refractivity contribution in [1.29, 1.82) is 0 Å². The van der Waals surface area contributed by atoms with Gasteiger partial charge in [-0.1, -0.05) is 6.07 Å². The number of hydrogen-bond acceptors (Lipinski definition) is 4. The van der Waals surface area contributed by atoms with Crippen LogP contribution in [-0.4, -0.2) is 11.3 Å². The maximum absolute atomic E-state index is 5.83. The Morgan fingerprint density at radius 1 is 1.45 bits per heavy atom. The van der Waals surface area contributed by atoms with Crippen LogP contribution in [0.1, 0.15) is 17.4 Å². The van der Waals surface area contributed by atoms with E-state index in [-0.39, 0.29) is 6.10 Å². The minimum Gasteiger partial charge on any atom is -0.488 e. The Hall–Kier alpha value is -1.59. The van der Waals surface area contributed by atoms with E-state index in [4.69, 9.17) is 21.7 Å².